The molecule has 20 heavy (non-hydrogen) atoms. The summed E-state index contributed by atoms with van der Waals surface area (Å²) in [5, 5.41) is 0. The summed E-state index contributed by atoms with van der Waals surface area (Å²) >= 11 is 0. The first-order valence-electron chi connectivity index (χ1n) is 6.92. The molecule has 1 atom stereocenters. The van der Waals surface area contributed by atoms with Crippen LogP contribution in [-0.4, -0.2) is 0 Å². The van der Waals surface area contributed by atoms with Crippen LogP contribution in [0.15, 0.2) is 23.8 Å². The van der Waals surface area contributed by atoms with Crippen molar-refractivity contribution in [3.8, 4) is 0 Å². The van der Waals surface area contributed by atoms with Crippen LogP contribution in [0.1, 0.15) is 103 Å². The first kappa shape index (κ1) is 36.6. The molecule has 1 unspecified atom stereocenters. The summed E-state index contributed by atoms with van der Waals surface area (Å²) in [4.78, 5) is 0. The van der Waals surface area contributed by atoms with Crippen LogP contribution in [0.3, 0.4) is 0 Å². The van der Waals surface area contributed by atoms with Crippen molar-refractivity contribution in [2.24, 2.45) is 5.92 Å². The highest BCUT2D eigenvalue weighted by atomic mass is 14.0. The molecule has 0 fully saturated rings. The Bertz CT molecular complexity index is 180. The van der Waals surface area contributed by atoms with Crippen LogP contribution in [0.2, 0.25) is 0 Å². The van der Waals surface area contributed by atoms with Crippen molar-refractivity contribution in [2.45, 2.75) is 103 Å². The van der Waals surface area contributed by atoms with E-state index in [9.17, 15) is 0 Å². The average molecular weight is 289 g/mol. The third-order valence-corrected chi connectivity index (χ3v) is 3.16. The topological polar surface area (TPSA) is 0 Å². The summed E-state index contributed by atoms with van der Waals surface area (Å²) < 4.78 is 0. The van der Waals surface area contributed by atoms with Crippen molar-refractivity contribution in [3.05, 3.63) is 23.8 Å². The zero-order valence-corrected chi connectivity index (χ0v) is 12.4. The molecule has 0 aromatic rings. The van der Waals surface area contributed by atoms with Gasteiger partial charge in [-0.3, -0.25) is 0 Å². The van der Waals surface area contributed by atoms with E-state index in [-0.39, 0.29) is 29.7 Å². The molecule has 128 valence electrons. The van der Waals surface area contributed by atoms with E-state index in [2.05, 4.69) is 54.2 Å². The van der Waals surface area contributed by atoms with Gasteiger partial charge >= 0.3 is 0 Å². The Morgan fingerprint density at radius 3 is 1.35 bits per heavy atom. The van der Waals surface area contributed by atoms with Crippen molar-refractivity contribution in [1.82, 2.24) is 0 Å². The molecule has 0 amide bonds. The molecule has 0 aromatic carbocycles. The molecule has 0 heteroatoms. The lowest BCUT2D eigenvalue weighted by Crippen LogP contribution is -1.93. The molecular formula is C20H48. The summed E-state index contributed by atoms with van der Waals surface area (Å²) in [5.41, 5.74) is 2.97. The van der Waals surface area contributed by atoms with Crippen LogP contribution in [0.25, 0.3) is 0 Å². The fraction of sp³-hybridized carbons (Fsp3) is 0.800. The second kappa shape index (κ2) is 26.9. The SMILES string of the molecule is C.C.C.C.C=C(CC)C(C)CC.CCC=C(CC)CC. The minimum atomic E-state index is 0. The molecule has 0 aliphatic rings. The van der Waals surface area contributed by atoms with E-state index in [1.807, 2.05) is 0 Å². The van der Waals surface area contributed by atoms with Gasteiger partial charge in [0, 0.05) is 0 Å². The molecule has 0 radical (unpaired) electrons. The van der Waals surface area contributed by atoms with Crippen LogP contribution in [-0.2, 0) is 0 Å². The quantitative estimate of drug-likeness (QED) is 0.429. The third kappa shape index (κ3) is 22.6. The van der Waals surface area contributed by atoms with Crippen LogP contribution < -0.4 is 0 Å². The van der Waals surface area contributed by atoms with Gasteiger partial charge in [0.2, 0.25) is 0 Å². The molecule has 0 N–H and O–H groups in total. The van der Waals surface area contributed by atoms with Crippen LogP contribution in [0.5, 0.6) is 0 Å². The smallest absolute Gasteiger partial charge is 0.0237 e. The number of hydrogen-bond donors (Lipinski definition) is 0. The standard InChI is InChI=1S/2C8H16.4CH4/c1-5-7(3)8(4)6-2;1-4-7-8(5-2)6-3;;;;/h8H,3,5-6H2,1-2,4H3;7H,4-6H2,1-3H3;4*1H4. The van der Waals surface area contributed by atoms with Gasteiger partial charge in [-0.15, -0.1) is 0 Å². The van der Waals surface area contributed by atoms with E-state index < -0.39 is 0 Å². The summed E-state index contributed by atoms with van der Waals surface area (Å²) in [7, 11) is 0. The van der Waals surface area contributed by atoms with Crippen LogP contribution in [0.4, 0.5) is 0 Å². The Morgan fingerprint density at radius 1 is 0.850 bits per heavy atom. The highest BCUT2D eigenvalue weighted by Gasteiger charge is 1.98. The molecule has 0 rings (SSSR count). The second-order valence-electron chi connectivity index (χ2n) is 4.30. The maximum Gasteiger partial charge on any atom is -0.0237 e. The van der Waals surface area contributed by atoms with Gasteiger partial charge in [-0.05, 0) is 38.0 Å². The molecule has 0 spiro atoms. The summed E-state index contributed by atoms with van der Waals surface area (Å²) in [6, 6.07) is 0. The molecule has 0 aliphatic heterocycles. The van der Waals surface area contributed by atoms with Crippen molar-refractivity contribution in [2.75, 3.05) is 0 Å². The van der Waals surface area contributed by atoms with Crippen molar-refractivity contribution in [1.29, 1.82) is 0 Å². The molecule has 0 heterocycles. The number of hydrogen-bond acceptors (Lipinski definition) is 0. The lowest BCUT2D eigenvalue weighted by atomic mass is 9.98. The maximum absolute atomic E-state index is 3.94. The van der Waals surface area contributed by atoms with E-state index in [0.29, 0.717) is 0 Å². The lowest BCUT2D eigenvalue weighted by Gasteiger charge is -2.08. The predicted molar refractivity (Wildman–Crippen MR) is 105 cm³/mol. The largest absolute Gasteiger partial charge is 0.0996 e. The zero-order chi connectivity index (χ0) is 13.0. The third-order valence-electron chi connectivity index (χ3n) is 3.16. The van der Waals surface area contributed by atoms with Crippen molar-refractivity contribution < 1.29 is 0 Å². The molecule has 0 nitrogen and oxygen atoms in total. The van der Waals surface area contributed by atoms with E-state index in [1.165, 1.54) is 31.3 Å². The zero-order valence-electron chi connectivity index (χ0n) is 12.4. The fourth-order valence-electron chi connectivity index (χ4n) is 1.46. The summed E-state index contributed by atoms with van der Waals surface area (Å²) in [6.07, 6.45) is 8.33. The highest BCUT2D eigenvalue weighted by Crippen LogP contribution is 2.14. The van der Waals surface area contributed by atoms with Gasteiger partial charge in [0.1, 0.15) is 0 Å². The summed E-state index contributed by atoms with van der Waals surface area (Å²) in [5.74, 6) is 0.722. The fourth-order valence-corrected chi connectivity index (χ4v) is 1.46. The maximum atomic E-state index is 3.94. The first-order chi connectivity index (χ1) is 7.56. The molecule has 0 aliphatic carbocycles. The highest BCUT2D eigenvalue weighted by molar-refractivity contribution is 4.99. The monoisotopic (exact) mass is 288 g/mol. The Hall–Kier alpha value is -0.520. The molecule has 0 saturated carbocycles. The first-order valence-corrected chi connectivity index (χ1v) is 6.92. The van der Waals surface area contributed by atoms with Gasteiger partial charge in [-0.25, -0.2) is 0 Å². The Morgan fingerprint density at radius 2 is 1.25 bits per heavy atom. The average Bonchev–Trinajstić information content (AvgIpc) is 2.34. The van der Waals surface area contributed by atoms with Gasteiger partial charge in [0.05, 0.1) is 0 Å². The van der Waals surface area contributed by atoms with Gasteiger partial charge in [-0.1, -0.05) is 95.1 Å². The Labute approximate surface area is 133 Å². The molecular weight excluding hydrogens is 240 g/mol. The minimum Gasteiger partial charge on any atom is -0.0996 e. The van der Waals surface area contributed by atoms with Crippen molar-refractivity contribution >= 4 is 0 Å². The van der Waals surface area contributed by atoms with E-state index >= 15 is 0 Å². The van der Waals surface area contributed by atoms with Gasteiger partial charge < -0.3 is 0 Å². The van der Waals surface area contributed by atoms with Crippen LogP contribution in [0, 0.1) is 5.92 Å². The molecule has 0 bridgehead atoms. The Balaban J connectivity index is -0.0000000408. The van der Waals surface area contributed by atoms with Gasteiger partial charge in [-0.2, -0.15) is 0 Å². The number of allylic oxidation sites excluding steroid dienone is 3. The van der Waals surface area contributed by atoms with Crippen molar-refractivity contribution in [3.63, 3.8) is 0 Å². The molecule has 0 saturated heterocycles. The second-order valence-corrected chi connectivity index (χ2v) is 4.30. The Kier molecular flexibility index (Phi) is 49.3. The van der Waals surface area contributed by atoms with E-state index in [0.717, 1.165) is 12.3 Å². The molecule has 0 aromatic heterocycles. The lowest BCUT2D eigenvalue weighted by molar-refractivity contribution is 0.636. The summed E-state index contributed by atoms with van der Waals surface area (Å²) in [6.45, 7) is 17.1. The van der Waals surface area contributed by atoms with Crippen LogP contribution >= 0.6 is 0 Å². The van der Waals surface area contributed by atoms with E-state index in [1.54, 1.807) is 5.57 Å². The van der Waals surface area contributed by atoms with Gasteiger partial charge in [0.25, 0.3) is 0 Å². The van der Waals surface area contributed by atoms with Gasteiger partial charge in [0.15, 0.2) is 0 Å². The number of rotatable bonds is 6. The normalized spacial score (nSPS) is 8.90. The predicted octanol–water partition coefficient (Wildman–Crippen LogP) is 8.69. The minimum absolute atomic E-state index is 0. The van der Waals surface area contributed by atoms with E-state index in [4.69, 9.17) is 0 Å².